The number of hydrogen-bond acceptors (Lipinski definition) is 7. The van der Waals surface area contributed by atoms with Crippen LogP contribution in [0.5, 0.6) is 23.0 Å². The molecule has 9 heteroatoms. The Kier molecular flexibility index (Phi) is 12.2. The smallest absolute Gasteiger partial charge is 0.290 e. The molecule has 3 aliphatic rings. The maximum absolute atomic E-state index is 8.36. The summed E-state index contributed by atoms with van der Waals surface area (Å²) >= 11 is 6.84. The van der Waals surface area contributed by atoms with Gasteiger partial charge in [0.15, 0.2) is 11.5 Å². The Morgan fingerprint density at radius 2 is 1.51 bits per heavy atom. The number of carboxylic acid groups (broad SMARTS) is 1. The van der Waals surface area contributed by atoms with Crippen LogP contribution >= 0.6 is 11.6 Å². The van der Waals surface area contributed by atoms with Crippen molar-refractivity contribution in [3.8, 4) is 34.1 Å². The Morgan fingerprint density at radius 1 is 0.822 bits per heavy atom. The third-order valence-corrected chi connectivity index (χ3v) is 9.05. The lowest BCUT2D eigenvalue weighted by molar-refractivity contribution is -0.122. The van der Waals surface area contributed by atoms with E-state index in [0.717, 1.165) is 65.7 Å². The average Bonchev–Trinajstić information content (AvgIpc) is 3.07. The highest BCUT2D eigenvalue weighted by molar-refractivity contribution is 6.32. The summed E-state index contributed by atoms with van der Waals surface area (Å²) in [6, 6.07) is 16.5. The first-order valence-electron chi connectivity index (χ1n) is 16.1. The fraction of sp³-hybridized carbons (Fsp3) is 0.472. The molecule has 45 heavy (non-hydrogen) atoms. The lowest BCUT2D eigenvalue weighted by atomic mass is 9.96. The molecule has 3 aromatic rings. The van der Waals surface area contributed by atoms with Crippen LogP contribution in [-0.2, 0) is 17.9 Å². The summed E-state index contributed by atoms with van der Waals surface area (Å²) in [4.78, 5) is 13.4. The van der Waals surface area contributed by atoms with E-state index < -0.39 is 0 Å². The second-order valence-corrected chi connectivity index (χ2v) is 12.2. The fourth-order valence-corrected chi connectivity index (χ4v) is 6.53. The molecule has 2 fully saturated rings. The molecule has 0 atom stereocenters. The number of halogens is 1. The maximum Gasteiger partial charge on any atom is 0.290 e. The van der Waals surface area contributed by atoms with Gasteiger partial charge < -0.3 is 24.1 Å². The summed E-state index contributed by atoms with van der Waals surface area (Å²) in [5.74, 6) is 3.15. The summed E-state index contributed by atoms with van der Waals surface area (Å²) in [5.41, 5.74) is 5.68. The van der Waals surface area contributed by atoms with Crippen LogP contribution in [0.2, 0.25) is 5.02 Å². The molecule has 0 bridgehead atoms. The minimum Gasteiger partial charge on any atom is -0.492 e. The number of hydrogen-bond donors (Lipinski definition) is 1. The topological polar surface area (TPSA) is 80.7 Å². The number of piperidine rings is 2. The molecule has 0 spiro atoms. The zero-order chi connectivity index (χ0) is 31.4. The second kappa shape index (κ2) is 16.7. The number of rotatable bonds is 10. The summed E-state index contributed by atoms with van der Waals surface area (Å²) in [6.07, 6.45) is 7.74. The van der Waals surface area contributed by atoms with Crippen LogP contribution in [0.1, 0.15) is 55.2 Å². The van der Waals surface area contributed by atoms with Gasteiger partial charge in [-0.1, -0.05) is 48.7 Å². The molecule has 0 aliphatic carbocycles. The number of carbonyl (C=O) groups is 1. The van der Waals surface area contributed by atoms with Crippen molar-refractivity contribution in [3.63, 3.8) is 0 Å². The van der Waals surface area contributed by atoms with Crippen LogP contribution in [0.15, 0.2) is 48.5 Å². The van der Waals surface area contributed by atoms with E-state index in [-0.39, 0.29) is 6.47 Å². The highest BCUT2D eigenvalue weighted by Gasteiger charge is 2.19. The van der Waals surface area contributed by atoms with Crippen molar-refractivity contribution in [1.82, 2.24) is 9.80 Å². The Morgan fingerprint density at radius 3 is 2.24 bits per heavy atom. The Bertz CT molecular complexity index is 1400. The third kappa shape index (κ3) is 9.06. The van der Waals surface area contributed by atoms with Gasteiger partial charge in [-0.05, 0) is 99.2 Å². The van der Waals surface area contributed by atoms with E-state index >= 15 is 0 Å². The van der Waals surface area contributed by atoms with E-state index in [1.54, 1.807) is 0 Å². The molecular weight excluding hydrogens is 592 g/mol. The minimum atomic E-state index is -0.250. The van der Waals surface area contributed by atoms with E-state index in [1.807, 2.05) is 12.1 Å². The molecule has 3 aliphatic heterocycles. The minimum absolute atomic E-state index is 0.250. The SMILES string of the molecule is Cc1c(COc2cc(OCCN3CCCCC3)c(CN3CCCCC3)cc2Cl)cccc1-c1ccc2c(c1)OCCO2.O=CO. The summed E-state index contributed by atoms with van der Waals surface area (Å²) in [5, 5.41) is 7.52. The first-order valence-corrected chi connectivity index (χ1v) is 16.5. The standard InChI is InChI=1S/C35H43ClN2O4.CH2O2/c1-26-28(9-8-10-30(26)27-11-12-32-35(22-27)41-20-19-40-32)25-42-34-23-33(39-18-17-37-13-4-2-5-14-37)29(21-31(34)36)24-38-15-6-3-7-16-38;2-1-3/h8-12,21-23H,2-7,13-20,24-25H2,1H3;1H,(H,2,3). The molecule has 6 rings (SSSR count). The van der Waals surface area contributed by atoms with Crippen molar-refractivity contribution in [1.29, 1.82) is 0 Å². The van der Waals surface area contributed by atoms with E-state index in [9.17, 15) is 0 Å². The normalized spacial score (nSPS) is 16.8. The third-order valence-electron chi connectivity index (χ3n) is 8.75. The largest absolute Gasteiger partial charge is 0.492 e. The molecule has 2 saturated heterocycles. The van der Waals surface area contributed by atoms with Crippen molar-refractivity contribution in [2.75, 3.05) is 52.5 Å². The van der Waals surface area contributed by atoms with Gasteiger partial charge in [0.25, 0.3) is 6.47 Å². The van der Waals surface area contributed by atoms with E-state index in [1.165, 1.54) is 57.2 Å². The van der Waals surface area contributed by atoms with Crippen LogP contribution in [0.4, 0.5) is 0 Å². The molecule has 242 valence electrons. The molecule has 8 nitrogen and oxygen atoms in total. The van der Waals surface area contributed by atoms with Gasteiger partial charge >= 0.3 is 0 Å². The van der Waals surface area contributed by atoms with Gasteiger partial charge in [0.05, 0.1) is 5.02 Å². The first-order chi connectivity index (χ1) is 22.1. The average molecular weight is 637 g/mol. The highest BCUT2D eigenvalue weighted by atomic mass is 35.5. The maximum atomic E-state index is 8.36. The molecule has 0 saturated carbocycles. The molecule has 3 heterocycles. The fourth-order valence-electron chi connectivity index (χ4n) is 6.29. The van der Waals surface area contributed by atoms with Crippen LogP contribution in [-0.4, -0.2) is 73.9 Å². The monoisotopic (exact) mass is 636 g/mol. The lowest BCUT2D eigenvalue weighted by Crippen LogP contribution is -2.33. The molecule has 0 unspecified atom stereocenters. The summed E-state index contributed by atoms with van der Waals surface area (Å²) in [6.45, 7) is 10.5. The zero-order valence-corrected chi connectivity index (χ0v) is 27.0. The van der Waals surface area contributed by atoms with Crippen LogP contribution < -0.4 is 18.9 Å². The highest BCUT2D eigenvalue weighted by Crippen LogP contribution is 2.38. The quantitative estimate of drug-likeness (QED) is 0.234. The zero-order valence-electron chi connectivity index (χ0n) is 26.3. The lowest BCUT2D eigenvalue weighted by Gasteiger charge is -2.28. The van der Waals surface area contributed by atoms with Crippen LogP contribution in [0.25, 0.3) is 11.1 Å². The van der Waals surface area contributed by atoms with Crippen molar-refractivity contribution >= 4 is 18.1 Å². The Balaban J connectivity index is 0.00000128. The van der Waals surface area contributed by atoms with Crippen molar-refractivity contribution in [2.45, 2.75) is 58.6 Å². The predicted molar refractivity (Wildman–Crippen MR) is 177 cm³/mol. The predicted octanol–water partition coefficient (Wildman–Crippen LogP) is 7.22. The Hall–Kier alpha value is -3.46. The molecular formula is C36H45ClN2O6. The van der Waals surface area contributed by atoms with Crippen LogP contribution in [0, 0.1) is 6.92 Å². The number of ether oxygens (including phenoxy) is 4. The van der Waals surface area contributed by atoms with Crippen molar-refractivity contribution in [2.24, 2.45) is 0 Å². The van der Waals surface area contributed by atoms with Gasteiger partial charge in [-0.15, -0.1) is 0 Å². The number of fused-ring (bicyclic) bond motifs is 1. The van der Waals surface area contributed by atoms with Gasteiger partial charge in [0.2, 0.25) is 0 Å². The number of nitrogens with zero attached hydrogens (tertiary/aromatic N) is 2. The second-order valence-electron chi connectivity index (χ2n) is 11.8. The van der Waals surface area contributed by atoms with Gasteiger partial charge in [-0.25, -0.2) is 0 Å². The molecule has 0 aromatic heterocycles. The molecule has 3 aromatic carbocycles. The Labute approximate surface area is 271 Å². The molecule has 1 N–H and O–H groups in total. The molecule has 0 radical (unpaired) electrons. The van der Waals surface area contributed by atoms with E-state index in [2.05, 4.69) is 53.1 Å². The van der Waals surface area contributed by atoms with E-state index in [4.69, 9.17) is 40.4 Å². The number of benzene rings is 3. The van der Waals surface area contributed by atoms with Gasteiger partial charge in [0.1, 0.15) is 37.9 Å². The van der Waals surface area contributed by atoms with Crippen molar-refractivity contribution in [3.05, 3.63) is 70.2 Å². The van der Waals surface area contributed by atoms with Gasteiger partial charge in [-0.3, -0.25) is 14.6 Å². The first kappa shape index (κ1) is 32.9. The van der Waals surface area contributed by atoms with E-state index in [0.29, 0.717) is 37.2 Å². The summed E-state index contributed by atoms with van der Waals surface area (Å²) < 4.78 is 24.4. The number of likely N-dealkylation sites (tertiary alicyclic amines) is 2. The summed E-state index contributed by atoms with van der Waals surface area (Å²) in [7, 11) is 0. The van der Waals surface area contributed by atoms with Crippen molar-refractivity contribution < 1.29 is 28.8 Å². The van der Waals surface area contributed by atoms with Gasteiger partial charge in [0, 0.05) is 24.7 Å². The van der Waals surface area contributed by atoms with Gasteiger partial charge in [-0.2, -0.15) is 0 Å². The molecule has 0 amide bonds. The van der Waals surface area contributed by atoms with Crippen LogP contribution in [0.3, 0.4) is 0 Å².